The molecular formula is C27H33F3N2O5S. The zero-order valence-corrected chi connectivity index (χ0v) is 22.3. The fourth-order valence-corrected chi connectivity index (χ4v) is 6.27. The van der Waals surface area contributed by atoms with Crippen molar-refractivity contribution >= 4 is 22.1 Å². The molecule has 0 aromatic heterocycles. The average Bonchev–Trinajstić information content (AvgIpc) is 3.22. The smallest absolute Gasteiger partial charge is 0.417 e. The van der Waals surface area contributed by atoms with E-state index in [1.165, 1.54) is 11.1 Å². The number of fused-ring (bicyclic) bond motifs is 1. The third kappa shape index (κ3) is 7.66. The Balaban J connectivity index is 1.64. The first-order valence-corrected chi connectivity index (χ1v) is 13.6. The van der Waals surface area contributed by atoms with Gasteiger partial charge >= 0.3 is 12.1 Å². The Kier molecular flexibility index (Phi) is 9.08. The molecule has 1 atom stereocenters. The maximum atomic E-state index is 13.7. The number of nitrogens with zero attached hydrogens (tertiary/aromatic N) is 1. The first-order valence-electron chi connectivity index (χ1n) is 12.2. The molecule has 0 saturated heterocycles. The van der Waals surface area contributed by atoms with Crippen molar-refractivity contribution in [2.45, 2.75) is 55.8 Å². The molecule has 0 saturated carbocycles. The number of rotatable bonds is 11. The zero-order valence-electron chi connectivity index (χ0n) is 21.5. The van der Waals surface area contributed by atoms with Gasteiger partial charge in [-0.3, -0.25) is 0 Å². The fraction of sp³-hybridized carbons (Fsp3) is 0.444. The second-order valence-electron chi connectivity index (χ2n) is 10.4. The van der Waals surface area contributed by atoms with Gasteiger partial charge in [-0.25, -0.2) is 13.2 Å². The molecule has 2 aromatic rings. The molecule has 0 unspecified atom stereocenters. The molecule has 3 rings (SSSR count). The molecule has 0 radical (unpaired) electrons. The average molecular weight is 555 g/mol. The molecule has 1 aliphatic carbocycles. The van der Waals surface area contributed by atoms with Gasteiger partial charge in [-0.15, -0.1) is 0 Å². The van der Waals surface area contributed by atoms with Crippen LogP contribution in [0.15, 0.2) is 53.4 Å². The van der Waals surface area contributed by atoms with Gasteiger partial charge in [0.25, 0.3) is 0 Å². The van der Waals surface area contributed by atoms with Crippen molar-refractivity contribution in [1.82, 2.24) is 9.62 Å². The van der Waals surface area contributed by atoms with E-state index >= 15 is 0 Å². The third-order valence-electron chi connectivity index (χ3n) is 6.63. The summed E-state index contributed by atoms with van der Waals surface area (Å²) < 4.78 is 67.9. The lowest BCUT2D eigenvalue weighted by molar-refractivity contribution is -0.140. The molecule has 11 heteroatoms. The van der Waals surface area contributed by atoms with Crippen LogP contribution in [0.2, 0.25) is 0 Å². The minimum atomic E-state index is -5.00. The predicted molar refractivity (Wildman–Crippen MR) is 138 cm³/mol. The van der Waals surface area contributed by atoms with E-state index in [9.17, 15) is 31.5 Å². The zero-order chi connectivity index (χ0) is 28.3. The van der Waals surface area contributed by atoms with Crippen molar-refractivity contribution in [3.8, 4) is 0 Å². The summed E-state index contributed by atoms with van der Waals surface area (Å²) in [6.45, 7) is 3.63. The monoisotopic (exact) mass is 554 g/mol. The number of halogens is 3. The van der Waals surface area contributed by atoms with Gasteiger partial charge in [0.15, 0.2) is 0 Å². The van der Waals surface area contributed by atoms with Gasteiger partial charge in [-0.1, -0.05) is 30.3 Å². The number of benzene rings is 2. The van der Waals surface area contributed by atoms with E-state index in [1.807, 2.05) is 26.0 Å². The van der Waals surface area contributed by atoms with E-state index in [4.69, 9.17) is 5.11 Å². The second-order valence-corrected chi connectivity index (χ2v) is 12.4. The molecule has 0 heterocycles. The number of aliphatic carboxylic acids is 1. The van der Waals surface area contributed by atoms with Gasteiger partial charge in [0.05, 0.1) is 16.6 Å². The minimum absolute atomic E-state index is 0.0532. The normalized spacial score (nSPS) is 15.8. The highest BCUT2D eigenvalue weighted by Gasteiger charge is 2.39. The van der Waals surface area contributed by atoms with Crippen LogP contribution in [0.1, 0.15) is 42.5 Å². The molecule has 0 aliphatic heterocycles. The van der Waals surface area contributed by atoms with E-state index in [1.54, 1.807) is 0 Å². The topological polar surface area (TPSA) is 107 Å². The van der Waals surface area contributed by atoms with E-state index in [0.717, 1.165) is 44.5 Å². The third-order valence-corrected chi connectivity index (χ3v) is 8.52. The van der Waals surface area contributed by atoms with Crippen molar-refractivity contribution in [3.63, 3.8) is 0 Å². The molecule has 0 amide bonds. The lowest BCUT2D eigenvalue weighted by atomic mass is 9.88. The summed E-state index contributed by atoms with van der Waals surface area (Å²) in [4.78, 5) is 9.71. The molecule has 0 bridgehead atoms. The number of carbonyl (C=O) groups is 1. The quantitative estimate of drug-likeness (QED) is 0.363. The first kappa shape index (κ1) is 29.8. The van der Waals surface area contributed by atoms with Crippen LogP contribution < -0.4 is 5.32 Å². The number of aliphatic hydroxyl groups is 1. The van der Waals surface area contributed by atoms with Crippen LogP contribution in [0, 0.1) is 5.92 Å². The molecule has 7 nitrogen and oxygen atoms in total. The van der Waals surface area contributed by atoms with Crippen LogP contribution in [-0.4, -0.2) is 60.7 Å². The Morgan fingerprint density at radius 3 is 2.32 bits per heavy atom. The largest absolute Gasteiger partial charge is 0.478 e. The summed E-state index contributed by atoms with van der Waals surface area (Å²) >= 11 is 0. The number of sulfonamides is 1. The van der Waals surface area contributed by atoms with Crippen molar-refractivity contribution in [2.24, 2.45) is 5.92 Å². The summed E-state index contributed by atoms with van der Waals surface area (Å²) in [5.74, 6) is -0.918. The molecule has 38 heavy (non-hydrogen) atoms. The number of nitrogens with one attached hydrogen (secondary N) is 1. The van der Waals surface area contributed by atoms with Crippen molar-refractivity contribution in [1.29, 1.82) is 0 Å². The first-order chi connectivity index (χ1) is 17.6. The highest BCUT2D eigenvalue weighted by atomic mass is 32.2. The number of hydrogen-bond acceptors (Lipinski definition) is 5. The SMILES string of the molecule is CN(C[C@@H](O)CNC(C)(C)CC1Cc2ccccc2C1)S(=O)(=O)c1ccc(/C=C/C(=O)O)cc1C(F)(F)F. The van der Waals surface area contributed by atoms with E-state index in [2.05, 4.69) is 17.4 Å². The Morgan fingerprint density at radius 2 is 1.76 bits per heavy atom. The number of aliphatic hydroxyl groups excluding tert-OH is 1. The lowest BCUT2D eigenvalue weighted by Gasteiger charge is -2.31. The number of hydrogen-bond donors (Lipinski definition) is 3. The molecule has 0 fully saturated rings. The van der Waals surface area contributed by atoms with Crippen molar-refractivity contribution in [2.75, 3.05) is 20.1 Å². The summed E-state index contributed by atoms with van der Waals surface area (Å²) in [6, 6.07) is 10.8. The maximum absolute atomic E-state index is 13.7. The van der Waals surface area contributed by atoms with Gasteiger partial charge in [0.2, 0.25) is 10.0 Å². The minimum Gasteiger partial charge on any atom is -0.478 e. The van der Waals surface area contributed by atoms with E-state index < -0.39 is 45.3 Å². The maximum Gasteiger partial charge on any atom is 0.417 e. The molecule has 208 valence electrons. The molecule has 2 aromatic carbocycles. The molecule has 1 aliphatic rings. The van der Waals surface area contributed by atoms with Crippen molar-refractivity contribution in [3.05, 3.63) is 70.8 Å². The highest BCUT2D eigenvalue weighted by molar-refractivity contribution is 7.89. The predicted octanol–water partition coefficient (Wildman–Crippen LogP) is 3.96. The van der Waals surface area contributed by atoms with Crippen LogP contribution in [0.3, 0.4) is 0 Å². The fourth-order valence-electron chi connectivity index (χ4n) is 4.87. The van der Waals surface area contributed by atoms with Crippen LogP contribution >= 0.6 is 0 Å². The summed E-state index contributed by atoms with van der Waals surface area (Å²) in [5.41, 5.74) is 0.795. The molecular weight excluding hydrogens is 521 g/mol. The Morgan fingerprint density at radius 1 is 1.16 bits per heavy atom. The van der Waals surface area contributed by atoms with Crippen LogP contribution in [0.5, 0.6) is 0 Å². The number of carboxylic acid groups (broad SMARTS) is 1. The van der Waals surface area contributed by atoms with Gasteiger partial charge in [0, 0.05) is 31.8 Å². The Hall–Kier alpha value is -2.73. The van der Waals surface area contributed by atoms with E-state index in [0.29, 0.717) is 22.4 Å². The summed E-state index contributed by atoms with van der Waals surface area (Å²) in [7, 11) is -3.50. The highest BCUT2D eigenvalue weighted by Crippen LogP contribution is 2.36. The van der Waals surface area contributed by atoms with Gasteiger partial charge in [0.1, 0.15) is 0 Å². The lowest BCUT2D eigenvalue weighted by Crippen LogP contribution is -2.47. The van der Waals surface area contributed by atoms with Gasteiger partial charge in [-0.05, 0) is 73.9 Å². The second kappa shape index (κ2) is 11.6. The number of β-amino-alcohol motifs (C(OH)–C–C–N with tert-alkyl or cyclic N) is 1. The Labute approximate surface area is 221 Å². The van der Waals surface area contributed by atoms with E-state index in [-0.39, 0.29) is 17.6 Å². The summed E-state index contributed by atoms with van der Waals surface area (Å²) in [5, 5.41) is 22.5. The number of likely N-dealkylation sites (N-methyl/N-ethyl adjacent to an activating group) is 1. The van der Waals surface area contributed by atoms with Crippen LogP contribution in [-0.2, 0) is 33.8 Å². The number of carboxylic acids is 1. The molecule has 3 N–H and O–H groups in total. The van der Waals surface area contributed by atoms with Gasteiger partial charge < -0.3 is 15.5 Å². The number of alkyl halides is 3. The van der Waals surface area contributed by atoms with Crippen LogP contribution in [0.25, 0.3) is 6.08 Å². The Bertz CT molecular complexity index is 1270. The standard InChI is InChI=1S/C27H33F3N2O5S/c1-26(2,15-19-12-20-6-4-5-7-21(20)13-19)31-16-22(33)17-32(3)38(36,37)24-10-8-18(9-11-25(34)35)14-23(24)27(28,29)30/h4-11,14,19,22,31,33H,12-13,15-17H2,1-3H3,(H,34,35)/b11-9+/t22-/m0/s1. The van der Waals surface area contributed by atoms with Crippen LogP contribution in [0.4, 0.5) is 13.2 Å². The summed E-state index contributed by atoms with van der Waals surface area (Å²) in [6.07, 6.45) is -1.79. The van der Waals surface area contributed by atoms with Gasteiger partial charge in [-0.2, -0.15) is 17.5 Å². The van der Waals surface area contributed by atoms with Crippen molar-refractivity contribution < 1.29 is 36.6 Å². The molecule has 0 spiro atoms.